The summed E-state index contributed by atoms with van der Waals surface area (Å²) in [4.78, 5) is 5.79. The van der Waals surface area contributed by atoms with Crippen LogP contribution < -0.4 is 0 Å². The van der Waals surface area contributed by atoms with Crippen molar-refractivity contribution in [1.82, 2.24) is 0 Å². The minimum Gasteiger partial charge on any atom is -0.388 e. The Hall–Kier alpha value is -0.240. The summed E-state index contributed by atoms with van der Waals surface area (Å²) in [5, 5.41) is 4.56. The van der Waals surface area contributed by atoms with Crippen LogP contribution in [0.15, 0.2) is 5.16 Å². The lowest BCUT2D eigenvalue weighted by Crippen LogP contribution is -2.14. The van der Waals surface area contributed by atoms with Crippen molar-refractivity contribution in [2.24, 2.45) is 17.0 Å². The number of rotatable bonds is 3. The lowest BCUT2D eigenvalue weighted by atomic mass is 10.0. The first kappa shape index (κ1) is 10.9. The number of halogens is 1. The molecule has 0 aromatic heterocycles. The molecule has 0 bridgehead atoms. The summed E-state index contributed by atoms with van der Waals surface area (Å²) < 4.78 is 0. The van der Waals surface area contributed by atoms with E-state index < -0.39 is 0 Å². The van der Waals surface area contributed by atoms with Gasteiger partial charge in [-0.1, -0.05) is 18.0 Å². The Bertz CT molecular complexity index is 301. The fourth-order valence-corrected chi connectivity index (χ4v) is 3.73. The van der Waals surface area contributed by atoms with E-state index in [1.807, 2.05) is 6.92 Å². The van der Waals surface area contributed by atoms with E-state index in [1.54, 1.807) is 0 Å². The van der Waals surface area contributed by atoms with Crippen molar-refractivity contribution in [3.63, 3.8) is 0 Å². The number of nitrogens with zero attached hydrogens (tertiary/aromatic N) is 1. The third-order valence-corrected chi connectivity index (χ3v) is 4.79. The molecule has 0 saturated heterocycles. The third-order valence-electron chi connectivity index (χ3n) is 4.57. The number of oxime groups is 1. The van der Waals surface area contributed by atoms with Crippen LogP contribution in [0.25, 0.3) is 0 Å². The highest BCUT2D eigenvalue weighted by Gasteiger charge is 2.69. The second-order valence-corrected chi connectivity index (χ2v) is 6.44. The molecule has 2 fully saturated rings. The highest BCUT2D eigenvalue weighted by atomic mass is 35.5. The average molecular weight is 242 g/mol. The number of fused-ring (bicyclic) bond motifs is 3. The Labute approximate surface area is 102 Å². The average Bonchev–Trinajstić information content (AvgIpc) is 2.69. The van der Waals surface area contributed by atoms with Crippen molar-refractivity contribution in [2.75, 3.05) is 0 Å². The lowest BCUT2D eigenvalue weighted by molar-refractivity contribution is 0.0420. The standard InChI is InChI=1S/C13H20ClNO/c1-9(14)6-7-10-8-13(16-15-10)11-4-2-3-5-12(11)13/h9,11-12H,2-8H2,1H3. The van der Waals surface area contributed by atoms with Gasteiger partial charge < -0.3 is 4.84 Å². The smallest absolute Gasteiger partial charge is 0.149 e. The monoisotopic (exact) mass is 241 g/mol. The Balaban J connectivity index is 1.56. The first-order valence-corrected chi connectivity index (χ1v) is 7.04. The lowest BCUT2D eigenvalue weighted by Gasteiger charge is -2.06. The molecule has 0 aromatic carbocycles. The van der Waals surface area contributed by atoms with Crippen LogP contribution in [0.1, 0.15) is 51.9 Å². The predicted molar refractivity (Wildman–Crippen MR) is 65.9 cm³/mol. The predicted octanol–water partition coefficient (Wildman–Crippen LogP) is 3.73. The summed E-state index contributed by atoms with van der Waals surface area (Å²) in [6, 6.07) is 0. The maximum atomic E-state index is 5.97. The van der Waals surface area contributed by atoms with E-state index in [0.717, 1.165) is 31.1 Å². The van der Waals surface area contributed by atoms with Gasteiger partial charge in [0.15, 0.2) is 0 Å². The number of hydrogen-bond donors (Lipinski definition) is 0. The number of hydrogen-bond acceptors (Lipinski definition) is 2. The van der Waals surface area contributed by atoms with Gasteiger partial charge in [-0.2, -0.15) is 0 Å². The first-order chi connectivity index (χ1) is 7.72. The molecule has 3 atom stereocenters. The van der Waals surface area contributed by atoms with Gasteiger partial charge in [-0.3, -0.25) is 0 Å². The van der Waals surface area contributed by atoms with E-state index in [1.165, 1.54) is 31.4 Å². The van der Waals surface area contributed by atoms with Crippen molar-refractivity contribution in [1.29, 1.82) is 0 Å². The second kappa shape index (κ2) is 3.90. The fraction of sp³-hybridized carbons (Fsp3) is 0.923. The van der Waals surface area contributed by atoms with E-state index in [9.17, 15) is 0 Å². The molecular formula is C13H20ClNO. The highest BCUT2D eigenvalue weighted by molar-refractivity contribution is 6.20. The molecule has 3 unspecified atom stereocenters. The SMILES string of the molecule is CC(Cl)CCC1=NOC2(C1)C1CCCCC12. The van der Waals surface area contributed by atoms with Crippen molar-refractivity contribution < 1.29 is 4.84 Å². The molecule has 3 aliphatic rings. The van der Waals surface area contributed by atoms with Gasteiger partial charge in [-0.25, -0.2) is 0 Å². The molecule has 0 N–H and O–H groups in total. The Morgan fingerprint density at radius 2 is 2.12 bits per heavy atom. The molecule has 16 heavy (non-hydrogen) atoms. The molecule has 0 amide bonds. The zero-order valence-electron chi connectivity index (χ0n) is 9.92. The highest BCUT2D eigenvalue weighted by Crippen LogP contribution is 2.64. The fourth-order valence-electron chi connectivity index (χ4n) is 3.62. The van der Waals surface area contributed by atoms with E-state index in [-0.39, 0.29) is 11.0 Å². The van der Waals surface area contributed by atoms with Crippen LogP contribution in [0, 0.1) is 11.8 Å². The minimum atomic E-state index is 0.154. The maximum Gasteiger partial charge on any atom is 0.149 e. The first-order valence-electron chi connectivity index (χ1n) is 6.60. The van der Waals surface area contributed by atoms with E-state index in [2.05, 4.69) is 5.16 Å². The van der Waals surface area contributed by atoms with Gasteiger partial charge in [-0.15, -0.1) is 11.6 Å². The third kappa shape index (κ3) is 1.66. The Kier molecular flexibility index (Phi) is 2.66. The second-order valence-electron chi connectivity index (χ2n) is 5.70. The molecule has 90 valence electrons. The van der Waals surface area contributed by atoms with Crippen molar-refractivity contribution in [2.45, 2.75) is 62.8 Å². The van der Waals surface area contributed by atoms with E-state index in [0.29, 0.717) is 0 Å². The van der Waals surface area contributed by atoms with Crippen LogP contribution >= 0.6 is 11.6 Å². The molecular weight excluding hydrogens is 222 g/mol. The van der Waals surface area contributed by atoms with Gasteiger partial charge in [0, 0.05) is 23.6 Å². The molecule has 1 spiro atoms. The van der Waals surface area contributed by atoms with Crippen LogP contribution in [0.2, 0.25) is 0 Å². The molecule has 0 aromatic rings. The molecule has 2 nitrogen and oxygen atoms in total. The van der Waals surface area contributed by atoms with Crippen LogP contribution in [-0.2, 0) is 4.84 Å². The number of alkyl halides is 1. The molecule has 0 radical (unpaired) electrons. The molecule has 2 aliphatic carbocycles. The van der Waals surface area contributed by atoms with Gasteiger partial charge in [-0.05, 0) is 32.6 Å². The van der Waals surface area contributed by atoms with E-state index >= 15 is 0 Å². The largest absolute Gasteiger partial charge is 0.388 e. The van der Waals surface area contributed by atoms with Crippen molar-refractivity contribution in [3.8, 4) is 0 Å². The van der Waals surface area contributed by atoms with Crippen molar-refractivity contribution >= 4 is 17.3 Å². The molecule has 1 aliphatic heterocycles. The normalized spacial score (nSPS) is 42.5. The van der Waals surface area contributed by atoms with Crippen LogP contribution in [0.3, 0.4) is 0 Å². The zero-order chi connectivity index (χ0) is 11.2. The van der Waals surface area contributed by atoms with Crippen molar-refractivity contribution in [3.05, 3.63) is 0 Å². The molecule has 2 saturated carbocycles. The maximum absolute atomic E-state index is 5.97. The minimum absolute atomic E-state index is 0.154. The van der Waals surface area contributed by atoms with Gasteiger partial charge >= 0.3 is 0 Å². The van der Waals surface area contributed by atoms with Crippen LogP contribution in [0.4, 0.5) is 0 Å². The summed E-state index contributed by atoms with van der Waals surface area (Å²) >= 11 is 5.97. The molecule has 1 heterocycles. The molecule has 3 heteroatoms. The van der Waals surface area contributed by atoms with Crippen LogP contribution in [-0.4, -0.2) is 16.7 Å². The Morgan fingerprint density at radius 1 is 1.44 bits per heavy atom. The van der Waals surface area contributed by atoms with Gasteiger partial charge in [0.25, 0.3) is 0 Å². The summed E-state index contributed by atoms with van der Waals surface area (Å²) in [5.74, 6) is 1.63. The Morgan fingerprint density at radius 3 is 2.75 bits per heavy atom. The van der Waals surface area contributed by atoms with Gasteiger partial charge in [0.1, 0.15) is 5.60 Å². The van der Waals surface area contributed by atoms with Gasteiger partial charge in [0.05, 0.1) is 5.71 Å². The summed E-state index contributed by atoms with van der Waals surface area (Å²) in [5.41, 5.74) is 1.41. The summed E-state index contributed by atoms with van der Waals surface area (Å²) in [7, 11) is 0. The van der Waals surface area contributed by atoms with Gasteiger partial charge in [0.2, 0.25) is 0 Å². The zero-order valence-corrected chi connectivity index (χ0v) is 10.7. The summed E-state index contributed by atoms with van der Waals surface area (Å²) in [6.07, 6.45) is 8.63. The van der Waals surface area contributed by atoms with Crippen LogP contribution in [0.5, 0.6) is 0 Å². The summed E-state index contributed by atoms with van der Waals surface area (Å²) in [6.45, 7) is 2.05. The van der Waals surface area contributed by atoms with E-state index in [4.69, 9.17) is 16.4 Å². The molecule has 3 rings (SSSR count). The quantitative estimate of drug-likeness (QED) is 0.690. The topological polar surface area (TPSA) is 21.6 Å².